The number of anilines is 1. The van der Waals surface area contributed by atoms with E-state index in [-0.39, 0.29) is 29.0 Å². The summed E-state index contributed by atoms with van der Waals surface area (Å²) in [5.41, 5.74) is 1.03. The first-order chi connectivity index (χ1) is 19.6. The van der Waals surface area contributed by atoms with Gasteiger partial charge in [-0.15, -0.1) is 0 Å². The van der Waals surface area contributed by atoms with Gasteiger partial charge in [-0.05, 0) is 61.2 Å². The van der Waals surface area contributed by atoms with Crippen LogP contribution in [-0.2, 0) is 26.2 Å². The highest BCUT2D eigenvalue weighted by Crippen LogP contribution is 2.33. The van der Waals surface area contributed by atoms with E-state index in [4.69, 9.17) is 16.3 Å². The summed E-state index contributed by atoms with van der Waals surface area (Å²) < 4.78 is 34.9. The molecule has 3 aromatic rings. The summed E-state index contributed by atoms with van der Waals surface area (Å²) in [4.78, 5) is 28.9. The van der Waals surface area contributed by atoms with Gasteiger partial charge in [0, 0.05) is 18.1 Å². The number of amides is 2. The Hall–Kier alpha value is -3.56. The van der Waals surface area contributed by atoms with Crippen LogP contribution < -0.4 is 14.4 Å². The monoisotopic (exact) mass is 599 g/mol. The number of hydrogen-bond donors (Lipinski definition) is 1. The van der Waals surface area contributed by atoms with Gasteiger partial charge in [-0.1, -0.05) is 74.8 Å². The highest BCUT2D eigenvalue weighted by molar-refractivity contribution is 7.92. The lowest BCUT2D eigenvalue weighted by Crippen LogP contribution is -2.52. The summed E-state index contributed by atoms with van der Waals surface area (Å²) in [6, 6.07) is 20.9. The predicted molar refractivity (Wildman–Crippen MR) is 163 cm³/mol. The van der Waals surface area contributed by atoms with E-state index >= 15 is 0 Å². The molecule has 10 heteroatoms. The van der Waals surface area contributed by atoms with E-state index in [2.05, 4.69) is 5.32 Å². The lowest BCUT2D eigenvalue weighted by atomic mass is 10.1. The molecule has 220 valence electrons. The van der Waals surface area contributed by atoms with Crippen LogP contribution in [0.4, 0.5) is 5.69 Å². The van der Waals surface area contributed by atoms with Gasteiger partial charge in [-0.3, -0.25) is 13.9 Å². The number of sulfonamides is 1. The maximum absolute atomic E-state index is 14.2. The third-order valence-electron chi connectivity index (χ3n) is 6.38. The third kappa shape index (κ3) is 8.47. The van der Waals surface area contributed by atoms with Gasteiger partial charge in [0.05, 0.1) is 17.2 Å². The molecule has 41 heavy (non-hydrogen) atoms. The van der Waals surface area contributed by atoms with Crippen molar-refractivity contribution in [3.05, 3.63) is 89.4 Å². The van der Waals surface area contributed by atoms with Gasteiger partial charge in [-0.2, -0.15) is 0 Å². The molecule has 1 atom stereocenters. The van der Waals surface area contributed by atoms with Crippen molar-refractivity contribution in [1.29, 1.82) is 0 Å². The van der Waals surface area contributed by atoms with E-state index in [1.54, 1.807) is 31.2 Å². The van der Waals surface area contributed by atoms with Gasteiger partial charge in [0.2, 0.25) is 11.8 Å². The second-order valence-corrected chi connectivity index (χ2v) is 12.2. The topological polar surface area (TPSA) is 96.0 Å². The van der Waals surface area contributed by atoms with Crippen molar-refractivity contribution in [2.24, 2.45) is 5.92 Å². The lowest BCUT2D eigenvalue weighted by molar-refractivity contribution is -0.140. The molecule has 0 unspecified atom stereocenters. The smallest absolute Gasteiger partial charge is 0.264 e. The van der Waals surface area contributed by atoms with Gasteiger partial charge in [-0.25, -0.2) is 8.42 Å². The van der Waals surface area contributed by atoms with Crippen LogP contribution in [0, 0.1) is 5.92 Å². The van der Waals surface area contributed by atoms with E-state index in [1.807, 2.05) is 51.1 Å². The van der Waals surface area contributed by atoms with E-state index in [9.17, 15) is 18.0 Å². The van der Waals surface area contributed by atoms with Crippen molar-refractivity contribution < 1.29 is 22.7 Å². The lowest BCUT2D eigenvalue weighted by Gasteiger charge is -2.33. The van der Waals surface area contributed by atoms with Gasteiger partial charge in [0.1, 0.15) is 18.3 Å². The minimum atomic E-state index is -4.24. The van der Waals surface area contributed by atoms with Crippen molar-refractivity contribution in [3.8, 4) is 5.75 Å². The van der Waals surface area contributed by atoms with Crippen LogP contribution >= 0.6 is 11.6 Å². The number of ether oxygens (including phenoxy) is 1. The fraction of sp³-hybridized carbons (Fsp3) is 0.355. The largest absolute Gasteiger partial charge is 0.492 e. The van der Waals surface area contributed by atoms with Crippen molar-refractivity contribution in [2.45, 2.75) is 51.6 Å². The molecule has 3 rings (SSSR count). The molecule has 3 aromatic carbocycles. The van der Waals surface area contributed by atoms with Gasteiger partial charge in [0.25, 0.3) is 10.0 Å². The fourth-order valence-electron chi connectivity index (χ4n) is 4.31. The molecule has 0 saturated heterocycles. The SMILES string of the molecule is CCOc1ccccc1N(CC(=O)N(Cc1ccccc1)[C@@H](CC)C(=O)NCC(C)C)S(=O)(=O)c1ccc(Cl)cc1. The summed E-state index contributed by atoms with van der Waals surface area (Å²) in [6.07, 6.45) is 0.349. The average molecular weight is 600 g/mol. The van der Waals surface area contributed by atoms with Crippen molar-refractivity contribution in [3.63, 3.8) is 0 Å². The Kier molecular flexibility index (Phi) is 11.6. The van der Waals surface area contributed by atoms with Crippen LogP contribution in [0.3, 0.4) is 0 Å². The first-order valence-corrected chi connectivity index (χ1v) is 15.5. The molecule has 0 radical (unpaired) electrons. The molecule has 2 amide bonds. The molecule has 0 aliphatic carbocycles. The normalized spacial score (nSPS) is 12.0. The van der Waals surface area contributed by atoms with Crippen LogP contribution in [0.5, 0.6) is 5.75 Å². The van der Waals surface area contributed by atoms with Gasteiger partial charge in [0.15, 0.2) is 0 Å². The molecule has 0 fully saturated rings. The molecule has 0 saturated carbocycles. The Morgan fingerprint density at radius 1 is 0.927 bits per heavy atom. The average Bonchev–Trinajstić information content (AvgIpc) is 2.96. The Labute approximate surface area is 248 Å². The standard InChI is InChI=1S/C31H38ClN3O5S/c1-5-27(31(37)33-20-23(3)4)34(21-24-12-8-7-9-13-24)30(36)22-35(28-14-10-11-15-29(28)40-6-2)41(38,39)26-18-16-25(32)17-19-26/h7-19,23,27H,5-6,20-22H2,1-4H3,(H,33,37)/t27-/m0/s1. The summed E-state index contributed by atoms with van der Waals surface area (Å²) >= 11 is 6.03. The first kappa shape index (κ1) is 32.0. The number of carbonyl (C=O) groups is 2. The zero-order valence-electron chi connectivity index (χ0n) is 23.9. The quantitative estimate of drug-likeness (QED) is 0.263. The van der Waals surface area contributed by atoms with Crippen LogP contribution in [0.1, 0.15) is 39.7 Å². The number of carbonyl (C=O) groups excluding carboxylic acids is 2. The summed E-state index contributed by atoms with van der Waals surface area (Å²) in [7, 11) is -4.24. The number of hydrogen-bond acceptors (Lipinski definition) is 5. The van der Waals surface area contributed by atoms with E-state index in [0.29, 0.717) is 30.3 Å². The van der Waals surface area contributed by atoms with Crippen LogP contribution in [0.15, 0.2) is 83.8 Å². The Morgan fingerprint density at radius 2 is 1.56 bits per heavy atom. The van der Waals surface area contributed by atoms with E-state index < -0.39 is 28.5 Å². The molecule has 0 aliphatic heterocycles. The molecule has 1 N–H and O–H groups in total. The molecule has 0 spiro atoms. The van der Waals surface area contributed by atoms with Gasteiger partial charge < -0.3 is 15.0 Å². The second kappa shape index (κ2) is 14.9. The van der Waals surface area contributed by atoms with Crippen LogP contribution in [0.25, 0.3) is 0 Å². The molecule has 0 bridgehead atoms. The number of halogens is 1. The first-order valence-electron chi connectivity index (χ1n) is 13.7. The minimum Gasteiger partial charge on any atom is -0.492 e. The van der Waals surface area contributed by atoms with Crippen LogP contribution in [0.2, 0.25) is 5.02 Å². The summed E-state index contributed by atoms with van der Waals surface area (Å²) in [5.74, 6) is -0.266. The number of benzene rings is 3. The number of para-hydroxylation sites is 2. The van der Waals surface area contributed by atoms with Gasteiger partial charge >= 0.3 is 0 Å². The summed E-state index contributed by atoms with van der Waals surface area (Å²) in [5, 5.41) is 3.31. The Morgan fingerprint density at radius 3 is 2.17 bits per heavy atom. The van der Waals surface area contributed by atoms with Crippen molar-refractivity contribution in [2.75, 3.05) is 24.0 Å². The number of nitrogens with one attached hydrogen (secondary N) is 1. The third-order valence-corrected chi connectivity index (χ3v) is 8.41. The maximum Gasteiger partial charge on any atom is 0.264 e. The molecular formula is C31H38ClN3O5S. The predicted octanol–water partition coefficient (Wildman–Crippen LogP) is 5.51. The Balaban J connectivity index is 2.08. The van der Waals surface area contributed by atoms with Crippen LogP contribution in [-0.4, -0.2) is 50.9 Å². The minimum absolute atomic E-state index is 0.0303. The zero-order chi connectivity index (χ0) is 30.0. The molecule has 0 aromatic heterocycles. The number of rotatable bonds is 14. The van der Waals surface area contributed by atoms with Crippen molar-refractivity contribution in [1.82, 2.24) is 10.2 Å². The van der Waals surface area contributed by atoms with E-state index in [1.165, 1.54) is 29.2 Å². The Bertz CT molecular complexity index is 1400. The highest BCUT2D eigenvalue weighted by atomic mass is 35.5. The molecule has 8 nitrogen and oxygen atoms in total. The zero-order valence-corrected chi connectivity index (χ0v) is 25.5. The molecule has 0 aliphatic rings. The summed E-state index contributed by atoms with van der Waals surface area (Å²) in [6.45, 7) is 7.95. The number of nitrogens with zero attached hydrogens (tertiary/aromatic N) is 2. The highest BCUT2D eigenvalue weighted by Gasteiger charge is 2.34. The molecular weight excluding hydrogens is 562 g/mol. The second-order valence-electron chi connectivity index (χ2n) is 9.94. The molecule has 0 heterocycles. The van der Waals surface area contributed by atoms with Crippen molar-refractivity contribution >= 4 is 39.1 Å². The van der Waals surface area contributed by atoms with E-state index in [0.717, 1.165) is 9.87 Å². The fourth-order valence-corrected chi connectivity index (χ4v) is 5.86. The maximum atomic E-state index is 14.2.